The van der Waals surface area contributed by atoms with Crippen molar-refractivity contribution in [2.75, 3.05) is 19.6 Å². The molecule has 3 amide bonds. The molecule has 1 fully saturated rings. The number of carbonyl (C=O) groups excluding carboxylic acids is 3. The third-order valence-corrected chi connectivity index (χ3v) is 4.11. The molecule has 0 unspecified atom stereocenters. The molecule has 1 saturated heterocycles. The van der Waals surface area contributed by atoms with Crippen molar-refractivity contribution in [2.45, 2.75) is 51.7 Å². The van der Waals surface area contributed by atoms with Gasteiger partial charge in [0.05, 0.1) is 5.56 Å². The maximum atomic E-state index is 12.3. The van der Waals surface area contributed by atoms with Crippen LogP contribution in [0.15, 0.2) is 24.5 Å². The van der Waals surface area contributed by atoms with Gasteiger partial charge in [0.25, 0.3) is 5.91 Å². The van der Waals surface area contributed by atoms with Crippen LogP contribution in [0.25, 0.3) is 0 Å². The minimum atomic E-state index is -0.559. The van der Waals surface area contributed by atoms with Gasteiger partial charge in [-0.3, -0.25) is 14.6 Å². The highest BCUT2D eigenvalue weighted by Crippen LogP contribution is 2.12. The standard InChI is InChI=1S/C19H28N4O4/c1-19(2,3)27-18(26)21-10-6-16(24)23-11-7-15(8-12-23)22-17(25)14-5-4-9-20-13-14/h4-5,9,13,15H,6-8,10-12H2,1-3H3,(H,21,26)(H,22,25). The lowest BCUT2D eigenvalue weighted by molar-refractivity contribution is -0.132. The fourth-order valence-corrected chi connectivity index (χ4v) is 2.78. The Morgan fingerprint density at radius 3 is 2.56 bits per heavy atom. The summed E-state index contributed by atoms with van der Waals surface area (Å²) in [6.45, 7) is 6.77. The first-order valence-electron chi connectivity index (χ1n) is 9.20. The van der Waals surface area contributed by atoms with E-state index in [1.807, 2.05) is 0 Å². The van der Waals surface area contributed by atoms with Gasteiger partial charge >= 0.3 is 6.09 Å². The van der Waals surface area contributed by atoms with E-state index in [0.29, 0.717) is 31.5 Å². The summed E-state index contributed by atoms with van der Waals surface area (Å²) in [6.07, 6.45) is 4.28. The summed E-state index contributed by atoms with van der Waals surface area (Å²) < 4.78 is 5.13. The van der Waals surface area contributed by atoms with Gasteiger partial charge in [-0.05, 0) is 45.7 Å². The Morgan fingerprint density at radius 2 is 1.96 bits per heavy atom. The number of hydrogen-bond donors (Lipinski definition) is 2. The number of ether oxygens (including phenoxy) is 1. The summed E-state index contributed by atoms with van der Waals surface area (Å²) in [5.74, 6) is -0.155. The van der Waals surface area contributed by atoms with Crippen molar-refractivity contribution in [3.8, 4) is 0 Å². The molecule has 8 nitrogen and oxygen atoms in total. The monoisotopic (exact) mass is 376 g/mol. The first-order valence-corrected chi connectivity index (χ1v) is 9.20. The van der Waals surface area contributed by atoms with Crippen molar-refractivity contribution < 1.29 is 19.1 Å². The Kier molecular flexibility index (Phi) is 7.15. The van der Waals surface area contributed by atoms with Crippen LogP contribution in [0.4, 0.5) is 4.79 Å². The third-order valence-electron chi connectivity index (χ3n) is 4.11. The number of pyridine rings is 1. The zero-order valence-corrected chi connectivity index (χ0v) is 16.2. The predicted molar refractivity (Wildman–Crippen MR) is 100 cm³/mol. The molecule has 148 valence electrons. The van der Waals surface area contributed by atoms with Crippen LogP contribution in [0.1, 0.15) is 50.4 Å². The van der Waals surface area contributed by atoms with Crippen molar-refractivity contribution in [3.63, 3.8) is 0 Å². The fraction of sp³-hybridized carbons (Fsp3) is 0.579. The quantitative estimate of drug-likeness (QED) is 0.815. The fourth-order valence-electron chi connectivity index (χ4n) is 2.78. The molecule has 0 saturated carbocycles. The van der Waals surface area contributed by atoms with Gasteiger partial charge in [-0.25, -0.2) is 4.79 Å². The first-order chi connectivity index (χ1) is 12.7. The van der Waals surface area contributed by atoms with Crippen LogP contribution >= 0.6 is 0 Å². The molecule has 1 aliphatic heterocycles. The minimum absolute atomic E-state index is 0.0110. The number of carbonyl (C=O) groups is 3. The smallest absolute Gasteiger partial charge is 0.407 e. The SMILES string of the molecule is CC(C)(C)OC(=O)NCCC(=O)N1CCC(NC(=O)c2cccnc2)CC1. The number of aromatic nitrogens is 1. The van der Waals surface area contributed by atoms with Crippen molar-refractivity contribution in [2.24, 2.45) is 0 Å². The van der Waals surface area contributed by atoms with Crippen LogP contribution in [-0.2, 0) is 9.53 Å². The predicted octanol–water partition coefficient (Wildman–Crippen LogP) is 1.72. The average Bonchev–Trinajstić information content (AvgIpc) is 2.61. The maximum absolute atomic E-state index is 12.3. The largest absolute Gasteiger partial charge is 0.444 e. The van der Waals surface area contributed by atoms with Crippen molar-refractivity contribution >= 4 is 17.9 Å². The van der Waals surface area contributed by atoms with E-state index < -0.39 is 11.7 Å². The summed E-state index contributed by atoms with van der Waals surface area (Å²) in [5, 5.41) is 5.57. The van der Waals surface area contributed by atoms with Gasteiger partial charge in [0.2, 0.25) is 5.91 Å². The molecule has 1 aromatic rings. The molecule has 1 aliphatic rings. The Bertz CT molecular complexity index is 649. The molecule has 2 rings (SSSR count). The minimum Gasteiger partial charge on any atom is -0.444 e. The lowest BCUT2D eigenvalue weighted by Gasteiger charge is -2.32. The molecule has 27 heavy (non-hydrogen) atoms. The second-order valence-corrected chi connectivity index (χ2v) is 7.55. The van der Waals surface area contributed by atoms with Crippen LogP contribution in [-0.4, -0.2) is 59.1 Å². The molecule has 2 N–H and O–H groups in total. The number of hydrogen-bond acceptors (Lipinski definition) is 5. The van der Waals surface area contributed by atoms with Gasteiger partial charge < -0.3 is 20.3 Å². The van der Waals surface area contributed by atoms with Crippen molar-refractivity contribution in [1.29, 1.82) is 0 Å². The lowest BCUT2D eigenvalue weighted by atomic mass is 10.0. The average molecular weight is 376 g/mol. The number of nitrogens with one attached hydrogen (secondary N) is 2. The van der Waals surface area contributed by atoms with Crippen molar-refractivity contribution in [3.05, 3.63) is 30.1 Å². The van der Waals surface area contributed by atoms with E-state index in [0.717, 1.165) is 0 Å². The van der Waals surface area contributed by atoms with Crippen molar-refractivity contribution in [1.82, 2.24) is 20.5 Å². The number of rotatable bonds is 5. The molecule has 2 heterocycles. The molecule has 8 heteroatoms. The third kappa shape index (κ3) is 7.24. The van der Waals surface area contributed by atoms with E-state index in [1.165, 1.54) is 6.20 Å². The van der Waals surface area contributed by atoms with E-state index in [2.05, 4.69) is 15.6 Å². The van der Waals surface area contributed by atoms with Crippen LogP contribution in [0.2, 0.25) is 0 Å². The Balaban J connectivity index is 1.67. The van der Waals surface area contributed by atoms with Crippen LogP contribution < -0.4 is 10.6 Å². The highest BCUT2D eigenvalue weighted by molar-refractivity contribution is 5.94. The second-order valence-electron chi connectivity index (χ2n) is 7.55. The van der Waals surface area contributed by atoms with E-state index in [4.69, 9.17) is 4.74 Å². The van der Waals surface area contributed by atoms with E-state index in [1.54, 1.807) is 44.0 Å². The van der Waals surface area contributed by atoms with Crippen LogP contribution in [0, 0.1) is 0 Å². The Morgan fingerprint density at radius 1 is 1.26 bits per heavy atom. The summed E-state index contributed by atoms with van der Waals surface area (Å²) in [4.78, 5) is 41.7. The molecular formula is C19H28N4O4. The van der Waals surface area contributed by atoms with Gasteiger partial charge in [-0.15, -0.1) is 0 Å². The molecule has 0 atom stereocenters. The molecular weight excluding hydrogens is 348 g/mol. The molecule has 0 radical (unpaired) electrons. The van der Waals surface area contributed by atoms with Crippen LogP contribution in [0.5, 0.6) is 0 Å². The Hall–Kier alpha value is -2.64. The normalized spacial score (nSPS) is 15.1. The van der Waals surface area contributed by atoms with E-state index >= 15 is 0 Å². The summed E-state index contributed by atoms with van der Waals surface area (Å²) in [6, 6.07) is 3.49. The van der Waals surface area contributed by atoms with Gasteiger partial charge in [-0.1, -0.05) is 0 Å². The zero-order valence-electron chi connectivity index (χ0n) is 16.2. The van der Waals surface area contributed by atoms with Gasteiger partial charge in [0.1, 0.15) is 5.60 Å². The van der Waals surface area contributed by atoms with Gasteiger partial charge in [0.15, 0.2) is 0 Å². The summed E-state index contributed by atoms with van der Waals surface area (Å²) in [5.41, 5.74) is -0.0276. The zero-order chi connectivity index (χ0) is 19.9. The number of amides is 3. The number of likely N-dealkylation sites (tertiary alicyclic amines) is 1. The lowest BCUT2D eigenvalue weighted by Crippen LogP contribution is -2.47. The molecule has 0 aliphatic carbocycles. The first kappa shape index (κ1) is 20.7. The molecule has 0 aromatic carbocycles. The van der Waals surface area contributed by atoms with E-state index in [9.17, 15) is 14.4 Å². The van der Waals surface area contributed by atoms with Crippen LogP contribution in [0.3, 0.4) is 0 Å². The van der Waals surface area contributed by atoms with Gasteiger partial charge in [0, 0.05) is 44.5 Å². The van der Waals surface area contributed by atoms with E-state index in [-0.39, 0.29) is 30.8 Å². The molecule has 0 bridgehead atoms. The Labute approximate surface area is 159 Å². The van der Waals surface area contributed by atoms with Gasteiger partial charge in [-0.2, -0.15) is 0 Å². The number of nitrogens with zero attached hydrogens (tertiary/aromatic N) is 2. The number of piperidine rings is 1. The highest BCUT2D eigenvalue weighted by atomic mass is 16.6. The molecule has 0 spiro atoms. The second kappa shape index (κ2) is 9.34. The summed E-state index contributed by atoms with van der Waals surface area (Å²) >= 11 is 0. The maximum Gasteiger partial charge on any atom is 0.407 e. The highest BCUT2D eigenvalue weighted by Gasteiger charge is 2.24. The number of alkyl carbamates (subject to hydrolysis) is 1. The topological polar surface area (TPSA) is 101 Å². The molecule has 1 aromatic heterocycles. The summed E-state index contributed by atoms with van der Waals surface area (Å²) in [7, 11) is 0.